The van der Waals surface area contributed by atoms with Crippen LogP contribution in [0.3, 0.4) is 0 Å². The second-order valence-electron chi connectivity index (χ2n) is 6.85. The maximum atomic E-state index is 11.4. The number of nitrogens with zero attached hydrogens (tertiary/aromatic N) is 1. The molecule has 1 heterocycles. The van der Waals surface area contributed by atoms with Crippen molar-refractivity contribution in [2.45, 2.75) is 52.6 Å². The molecule has 1 aliphatic carbocycles. The normalized spacial score (nSPS) is 29.8. The molecule has 0 aliphatic heterocycles. The van der Waals surface area contributed by atoms with E-state index in [-0.39, 0.29) is 17.4 Å². The highest BCUT2D eigenvalue weighted by molar-refractivity contribution is 5.71. The lowest BCUT2D eigenvalue weighted by molar-refractivity contribution is -0.150. The van der Waals surface area contributed by atoms with Crippen LogP contribution in [0.2, 0.25) is 0 Å². The fraction of sp³-hybridized carbons (Fsp3) is 0.647. The minimum atomic E-state index is -0.660. The monoisotopic (exact) mass is 290 g/mol. The van der Waals surface area contributed by atoms with E-state index in [1.807, 2.05) is 24.5 Å². The number of pyridine rings is 1. The Kier molecular flexibility index (Phi) is 4.67. The highest BCUT2D eigenvalue weighted by Gasteiger charge is 2.46. The van der Waals surface area contributed by atoms with Crippen LogP contribution in [-0.4, -0.2) is 22.1 Å². The molecule has 4 nitrogen and oxygen atoms in total. The fourth-order valence-electron chi connectivity index (χ4n) is 3.54. The number of nitrogens with one attached hydrogen (secondary N) is 1. The number of hydrogen-bond acceptors (Lipinski definition) is 3. The second kappa shape index (κ2) is 6.14. The van der Waals surface area contributed by atoms with Crippen LogP contribution in [0.15, 0.2) is 24.5 Å². The maximum Gasteiger partial charge on any atom is 0.307 e. The third-order valence-electron chi connectivity index (χ3n) is 5.41. The molecule has 0 spiro atoms. The van der Waals surface area contributed by atoms with Gasteiger partial charge in [0.2, 0.25) is 0 Å². The molecule has 4 unspecified atom stereocenters. The molecule has 0 saturated heterocycles. The summed E-state index contributed by atoms with van der Waals surface area (Å²) in [5.41, 5.74) is 1.02. The SMILES string of the molecule is CC(NC1CCC(C(=O)O)C(C)(C)C1C)c1ccncc1. The number of carbonyl (C=O) groups is 1. The van der Waals surface area contributed by atoms with E-state index in [1.165, 1.54) is 5.56 Å². The van der Waals surface area contributed by atoms with Crippen molar-refractivity contribution in [3.05, 3.63) is 30.1 Å². The molecule has 4 heteroatoms. The Bertz CT molecular complexity index is 487. The average Bonchev–Trinajstić information content (AvgIpc) is 2.44. The van der Waals surface area contributed by atoms with Gasteiger partial charge < -0.3 is 10.4 Å². The molecule has 1 aromatic rings. The number of hydrogen-bond donors (Lipinski definition) is 2. The Morgan fingerprint density at radius 2 is 2.00 bits per heavy atom. The van der Waals surface area contributed by atoms with Crippen molar-refractivity contribution in [2.24, 2.45) is 17.3 Å². The first kappa shape index (κ1) is 16.0. The summed E-state index contributed by atoms with van der Waals surface area (Å²) in [4.78, 5) is 15.5. The van der Waals surface area contributed by atoms with Crippen molar-refractivity contribution in [3.8, 4) is 0 Å². The number of rotatable bonds is 4. The Balaban J connectivity index is 2.07. The first-order valence-corrected chi connectivity index (χ1v) is 7.72. The summed E-state index contributed by atoms with van der Waals surface area (Å²) in [7, 11) is 0. The van der Waals surface area contributed by atoms with Crippen molar-refractivity contribution in [1.29, 1.82) is 0 Å². The lowest BCUT2D eigenvalue weighted by Crippen LogP contribution is -2.51. The highest BCUT2D eigenvalue weighted by Crippen LogP contribution is 2.45. The van der Waals surface area contributed by atoms with Gasteiger partial charge in [-0.05, 0) is 48.8 Å². The third-order valence-corrected chi connectivity index (χ3v) is 5.41. The smallest absolute Gasteiger partial charge is 0.307 e. The van der Waals surface area contributed by atoms with Crippen LogP contribution in [-0.2, 0) is 4.79 Å². The highest BCUT2D eigenvalue weighted by atomic mass is 16.4. The molecule has 4 atom stereocenters. The molecule has 21 heavy (non-hydrogen) atoms. The van der Waals surface area contributed by atoms with E-state index < -0.39 is 5.97 Å². The van der Waals surface area contributed by atoms with Gasteiger partial charge >= 0.3 is 5.97 Å². The average molecular weight is 290 g/mol. The second-order valence-corrected chi connectivity index (χ2v) is 6.85. The van der Waals surface area contributed by atoms with Gasteiger partial charge in [0.1, 0.15) is 0 Å². The van der Waals surface area contributed by atoms with Gasteiger partial charge in [-0.2, -0.15) is 0 Å². The van der Waals surface area contributed by atoms with Crippen molar-refractivity contribution < 1.29 is 9.90 Å². The summed E-state index contributed by atoms with van der Waals surface area (Å²) < 4.78 is 0. The molecule has 1 aliphatic rings. The fourth-order valence-corrected chi connectivity index (χ4v) is 3.54. The minimum Gasteiger partial charge on any atom is -0.481 e. The molecule has 0 aromatic carbocycles. The first-order chi connectivity index (χ1) is 9.84. The van der Waals surface area contributed by atoms with E-state index in [0.29, 0.717) is 12.0 Å². The summed E-state index contributed by atoms with van der Waals surface area (Å²) >= 11 is 0. The Morgan fingerprint density at radius 1 is 1.38 bits per heavy atom. The Hall–Kier alpha value is -1.42. The van der Waals surface area contributed by atoms with Crippen molar-refractivity contribution >= 4 is 5.97 Å². The number of aromatic nitrogens is 1. The maximum absolute atomic E-state index is 11.4. The molecule has 0 radical (unpaired) electrons. The molecule has 0 bridgehead atoms. The predicted octanol–water partition coefficient (Wildman–Crippen LogP) is 3.26. The van der Waals surface area contributed by atoms with Crippen LogP contribution >= 0.6 is 0 Å². The molecule has 2 N–H and O–H groups in total. The summed E-state index contributed by atoms with van der Waals surface area (Å²) in [5.74, 6) is -0.592. The number of aliphatic carboxylic acids is 1. The molecular formula is C17H26N2O2. The van der Waals surface area contributed by atoms with Gasteiger partial charge in [0.15, 0.2) is 0 Å². The summed E-state index contributed by atoms with van der Waals surface area (Å²) in [6, 6.07) is 4.64. The zero-order valence-corrected chi connectivity index (χ0v) is 13.3. The minimum absolute atomic E-state index is 0.195. The van der Waals surface area contributed by atoms with E-state index in [4.69, 9.17) is 0 Å². The van der Waals surface area contributed by atoms with E-state index in [9.17, 15) is 9.90 Å². The Morgan fingerprint density at radius 3 is 2.57 bits per heavy atom. The lowest BCUT2D eigenvalue weighted by atomic mass is 9.61. The zero-order valence-electron chi connectivity index (χ0n) is 13.3. The van der Waals surface area contributed by atoms with E-state index in [1.54, 1.807) is 0 Å². The van der Waals surface area contributed by atoms with Gasteiger partial charge in [-0.3, -0.25) is 9.78 Å². The summed E-state index contributed by atoms with van der Waals surface area (Å²) in [6.45, 7) is 8.49. The zero-order chi connectivity index (χ0) is 15.6. The van der Waals surface area contributed by atoms with Crippen LogP contribution in [0.25, 0.3) is 0 Å². The van der Waals surface area contributed by atoms with Crippen molar-refractivity contribution in [3.63, 3.8) is 0 Å². The summed E-state index contributed by atoms with van der Waals surface area (Å²) in [5, 5.41) is 13.1. The molecular weight excluding hydrogens is 264 g/mol. The molecule has 1 fully saturated rings. The largest absolute Gasteiger partial charge is 0.481 e. The van der Waals surface area contributed by atoms with Gasteiger partial charge in [0, 0.05) is 24.5 Å². The topological polar surface area (TPSA) is 62.2 Å². The van der Waals surface area contributed by atoms with Gasteiger partial charge in [-0.1, -0.05) is 20.8 Å². The number of carboxylic acid groups (broad SMARTS) is 1. The quantitative estimate of drug-likeness (QED) is 0.893. The first-order valence-electron chi connectivity index (χ1n) is 7.72. The van der Waals surface area contributed by atoms with Gasteiger partial charge in [0.25, 0.3) is 0 Å². The van der Waals surface area contributed by atoms with E-state index in [0.717, 1.165) is 12.8 Å². The van der Waals surface area contributed by atoms with Gasteiger partial charge in [-0.15, -0.1) is 0 Å². The predicted molar refractivity (Wildman–Crippen MR) is 82.9 cm³/mol. The van der Waals surface area contributed by atoms with Crippen LogP contribution in [0, 0.1) is 17.3 Å². The van der Waals surface area contributed by atoms with Crippen molar-refractivity contribution in [1.82, 2.24) is 10.3 Å². The standard InChI is InChI=1S/C17H26N2O2/c1-11-15(6-5-14(16(20)21)17(11,3)4)19-12(2)13-7-9-18-10-8-13/h7-12,14-15,19H,5-6H2,1-4H3,(H,20,21). The van der Waals surface area contributed by atoms with Crippen molar-refractivity contribution in [2.75, 3.05) is 0 Å². The van der Waals surface area contributed by atoms with E-state index in [2.05, 4.69) is 38.0 Å². The molecule has 1 aromatic heterocycles. The molecule has 2 rings (SSSR count). The molecule has 0 amide bonds. The van der Waals surface area contributed by atoms with Gasteiger partial charge in [0.05, 0.1) is 5.92 Å². The third kappa shape index (κ3) is 3.26. The van der Waals surface area contributed by atoms with Crippen LogP contribution in [0.4, 0.5) is 0 Å². The van der Waals surface area contributed by atoms with Gasteiger partial charge in [-0.25, -0.2) is 0 Å². The summed E-state index contributed by atoms with van der Waals surface area (Å²) in [6.07, 6.45) is 5.27. The molecule has 116 valence electrons. The van der Waals surface area contributed by atoms with E-state index >= 15 is 0 Å². The Labute approximate surface area is 127 Å². The van der Waals surface area contributed by atoms with Crippen LogP contribution in [0.5, 0.6) is 0 Å². The molecule has 1 saturated carbocycles. The number of carboxylic acids is 1. The van der Waals surface area contributed by atoms with Crippen LogP contribution in [0.1, 0.15) is 52.1 Å². The van der Waals surface area contributed by atoms with Crippen LogP contribution < -0.4 is 5.32 Å². The lowest BCUT2D eigenvalue weighted by Gasteiger charge is -2.47.